The predicted molar refractivity (Wildman–Crippen MR) is 77.0 cm³/mol. The van der Waals surface area contributed by atoms with Crippen molar-refractivity contribution in [3.8, 4) is 0 Å². The fraction of sp³-hybridized carbons (Fsp3) is 0. The highest BCUT2D eigenvalue weighted by molar-refractivity contribution is 6.58. The van der Waals surface area contributed by atoms with Crippen LogP contribution in [0.3, 0.4) is 0 Å². The van der Waals surface area contributed by atoms with E-state index in [1.54, 1.807) is 24.3 Å². The molecule has 0 fully saturated rings. The molecular weight excluding hydrogens is 229 g/mol. The first-order chi connectivity index (χ1) is 8.66. The molecule has 0 aliphatic rings. The van der Waals surface area contributed by atoms with Gasteiger partial charge in [-0.15, -0.1) is 0 Å². The first-order valence-corrected chi connectivity index (χ1v) is 5.49. The number of amides is 1. The number of benzene rings is 2. The number of nitrogens with one attached hydrogen (secondary N) is 1. The largest absolute Gasteiger partial charge is 0.488 e. The third-order valence-electron chi connectivity index (χ3n) is 2.50. The molecule has 0 unspecified atom stereocenters. The van der Waals surface area contributed by atoms with Crippen LogP contribution in [0.5, 0.6) is 0 Å². The van der Waals surface area contributed by atoms with Crippen molar-refractivity contribution >= 4 is 24.2 Å². The fourth-order valence-electron chi connectivity index (χ4n) is 1.53. The first kappa shape index (κ1) is 12.4. The van der Waals surface area contributed by atoms with Crippen LogP contribution in [-0.2, 0) is 0 Å². The predicted octanol–water partition coefficient (Wildman–Crippen LogP) is 1.36. The van der Waals surface area contributed by atoms with Gasteiger partial charge in [0, 0.05) is 15.5 Å². The summed E-state index contributed by atoms with van der Waals surface area (Å²) < 4.78 is 0. The van der Waals surface area contributed by atoms with E-state index in [0.717, 1.165) is 0 Å². The average Bonchev–Trinajstić information content (AvgIpc) is 2.40. The Morgan fingerprint density at radius 1 is 1.00 bits per heavy atom. The third-order valence-corrected chi connectivity index (χ3v) is 2.50. The van der Waals surface area contributed by atoms with Gasteiger partial charge in [-0.3, -0.25) is 4.79 Å². The average molecular weight is 247 g/mol. The topological polar surface area (TPSA) is 69.6 Å². The number of para-hydroxylation sites is 1. The van der Waals surface area contributed by atoms with E-state index in [-0.39, 0.29) is 10.2 Å². The van der Waals surface area contributed by atoms with Crippen LogP contribution in [0.2, 0.25) is 0 Å². The van der Waals surface area contributed by atoms with Crippen molar-refractivity contribution in [1.82, 2.24) is 0 Å². The molecule has 0 saturated carbocycles. The second-order valence-corrected chi connectivity index (χ2v) is 3.82. The van der Waals surface area contributed by atoms with E-state index >= 15 is 0 Å². The Labute approximate surface area is 110 Å². The molecule has 0 aliphatic carbocycles. The van der Waals surface area contributed by atoms with Gasteiger partial charge < -0.3 is 15.4 Å². The lowest BCUT2D eigenvalue weighted by Crippen LogP contribution is -2.29. The molecule has 0 spiro atoms. The second-order valence-electron chi connectivity index (χ2n) is 3.82. The van der Waals surface area contributed by atoms with Crippen molar-refractivity contribution in [3.63, 3.8) is 0 Å². The van der Waals surface area contributed by atoms with E-state index in [9.17, 15) is 4.79 Å². The monoisotopic (exact) mass is 247 g/mol. The van der Waals surface area contributed by atoms with E-state index in [2.05, 4.69) is 5.32 Å². The van der Waals surface area contributed by atoms with Crippen molar-refractivity contribution in [3.05, 3.63) is 60.2 Å². The zero-order valence-corrected chi connectivity index (χ0v) is 9.58. The summed E-state index contributed by atoms with van der Waals surface area (Å²) in [6, 6.07) is 15.2. The number of carbonyl (C=O) groups excluding carboxylic acids is 1. The molecule has 5 heteroatoms. The summed E-state index contributed by atoms with van der Waals surface area (Å²) in [5, 5.41) is 20.6. The maximum absolute atomic E-state index is 11.9. The minimum absolute atomic E-state index is 0. The van der Waals surface area contributed by atoms with Crippen LogP contribution in [0, 0.1) is 0 Å². The van der Waals surface area contributed by atoms with Gasteiger partial charge in [0.1, 0.15) is 0 Å². The van der Waals surface area contributed by atoms with Gasteiger partial charge in [0.25, 0.3) is 5.91 Å². The van der Waals surface area contributed by atoms with Gasteiger partial charge >= 0.3 is 7.12 Å². The maximum atomic E-state index is 11.9. The van der Waals surface area contributed by atoms with Crippen molar-refractivity contribution in [2.75, 3.05) is 5.32 Å². The standard InChI is InChI=1S/C13H12BNO3.3H2/c16-13(15-12-4-2-1-3-5-12)10-6-8-11(9-7-10)14(17)18;;;/h1-9,17-18H,(H,15,16);3*1H. The van der Waals surface area contributed by atoms with Crippen molar-refractivity contribution in [1.29, 1.82) is 0 Å². The van der Waals surface area contributed by atoms with E-state index in [1.807, 2.05) is 18.2 Å². The molecule has 18 heavy (non-hydrogen) atoms. The van der Waals surface area contributed by atoms with Gasteiger partial charge in [0.05, 0.1) is 0 Å². The molecule has 0 aliphatic heterocycles. The Bertz CT molecular complexity index is 538. The van der Waals surface area contributed by atoms with Gasteiger partial charge in [-0.2, -0.15) is 0 Å². The summed E-state index contributed by atoms with van der Waals surface area (Å²) in [6.07, 6.45) is 0. The first-order valence-electron chi connectivity index (χ1n) is 5.49. The minimum Gasteiger partial charge on any atom is -0.423 e. The molecule has 2 rings (SSSR count). The smallest absolute Gasteiger partial charge is 0.423 e. The molecule has 0 saturated heterocycles. The molecule has 2 aromatic carbocycles. The van der Waals surface area contributed by atoms with Crippen LogP contribution in [0.1, 0.15) is 14.6 Å². The van der Waals surface area contributed by atoms with E-state index in [0.29, 0.717) is 16.7 Å². The van der Waals surface area contributed by atoms with E-state index in [1.165, 1.54) is 12.1 Å². The Balaban J connectivity index is 0. The van der Waals surface area contributed by atoms with Crippen LogP contribution < -0.4 is 10.8 Å². The van der Waals surface area contributed by atoms with Gasteiger partial charge in [-0.05, 0) is 29.7 Å². The van der Waals surface area contributed by atoms with Gasteiger partial charge in [0.15, 0.2) is 0 Å². The third kappa shape index (κ3) is 2.97. The van der Waals surface area contributed by atoms with Crippen molar-refractivity contribution in [2.45, 2.75) is 0 Å². The Kier molecular flexibility index (Phi) is 3.77. The van der Waals surface area contributed by atoms with E-state index < -0.39 is 7.12 Å². The maximum Gasteiger partial charge on any atom is 0.488 e. The van der Waals surface area contributed by atoms with Gasteiger partial charge in [0.2, 0.25) is 0 Å². The lowest BCUT2D eigenvalue weighted by atomic mass is 9.80. The molecule has 2 aromatic rings. The lowest BCUT2D eigenvalue weighted by molar-refractivity contribution is 0.102. The van der Waals surface area contributed by atoms with Crippen LogP contribution in [-0.4, -0.2) is 23.1 Å². The van der Waals surface area contributed by atoms with Crippen LogP contribution >= 0.6 is 0 Å². The molecule has 4 nitrogen and oxygen atoms in total. The molecule has 96 valence electrons. The van der Waals surface area contributed by atoms with Crippen molar-refractivity contribution in [2.24, 2.45) is 0 Å². The Morgan fingerprint density at radius 3 is 2.17 bits per heavy atom. The highest BCUT2D eigenvalue weighted by atomic mass is 16.4. The number of hydrogen-bond acceptors (Lipinski definition) is 3. The lowest BCUT2D eigenvalue weighted by Gasteiger charge is -2.05. The summed E-state index contributed by atoms with van der Waals surface area (Å²) in [5.41, 5.74) is 1.53. The van der Waals surface area contributed by atoms with E-state index in [4.69, 9.17) is 10.0 Å². The Morgan fingerprint density at radius 2 is 1.61 bits per heavy atom. The summed E-state index contributed by atoms with van der Waals surface area (Å²) in [7, 11) is -1.52. The summed E-state index contributed by atoms with van der Waals surface area (Å²) in [4.78, 5) is 11.9. The van der Waals surface area contributed by atoms with Crippen molar-refractivity contribution < 1.29 is 19.1 Å². The fourth-order valence-corrected chi connectivity index (χ4v) is 1.53. The quantitative estimate of drug-likeness (QED) is 0.717. The zero-order chi connectivity index (χ0) is 13.0. The number of anilines is 1. The van der Waals surface area contributed by atoms with Gasteiger partial charge in [-0.25, -0.2) is 0 Å². The molecule has 1 amide bonds. The molecule has 0 bridgehead atoms. The molecule has 0 atom stereocenters. The SMILES string of the molecule is O=C(Nc1ccccc1)c1ccc(B(O)O)cc1.[HH].[HH].[HH]. The molecule has 0 radical (unpaired) electrons. The van der Waals surface area contributed by atoms with Crippen LogP contribution in [0.4, 0.5) is 5.69 Å². The highest BCUT2D eigenvalue weighted by Gasteiger charge is 2.11. The number of carbonyl (C=O) groups is 1. The second kappa shape index (κ2) is 5.49. The number of rotatable bonds is 3. The van der Waals surface area contributed by atoms with Gasteiger partial charge in [-0.1, -0.05) is 30.3 Å². The zero-order valence-electron chi connectivity index (χ0n) is 9.58. The molecule has 0 heterocycles. The van der Waals surface area contributed by atoms with Crippen LogP contribution in [0.25, 0.3) is 0 Å². The molecular formula is C13H18BNO3. The minimum atomic E-state index is -1.52. The highest BCUT2D eigenvalue weighted by Crippen LogP contribution is 2.07. The summed E-state index contributed by atoms with van der Waals surface area (Å²) >= 11 is 0. The Hall–Kier alpha value is -2.11. The molecule has 3 N–H and O–H groups in total. The summed E-state index contributed by atoms with van der Waals surface area (Å²) in [6.45, 7) is 0. The normalized spacial score (nSPS) is 9.89. The molecule has 0 aromatic heterocycles. The number of hydrogen-bond donors (Lipinski definition) is 3. The summed E-state index contributed by atoms with van der Waals surface area (Å²) in [5.74, 6) is -0.236. The van der Waals surface area contributed by atoms with Crippen LogP contribution in [0.15, 0.2) is 54.6 Å².